The summed E-state index contributed by atoms with van der Waals surface area (Å²) in [5.74, 6) is 0.251. The van der Waals surface area contributed by atoms with E-state index in [2.05, 4.69) is 10.3 Å². The van der Waals surface area contributed by atoms with Crippen LogP contribution in [0.5, 0.6) is 0 Å². The summed E-state index contributed by atoms with van der Waals surface area (Å²) in [7, 11) is 0. The topological polar surface area (TPSA) is 24.9 Å². The van der Waals surface area contributed by atoms with Gasteiger partial charge in [-0.15, -0.1) is 11.3 Å². The second-order valence-electron chi connectivity index (χ2n) is 3.92. The minimum atomic E-state index is -4.43. The largest absolute Gasteiger partial charge is 0.417 e. The van der Waals surface area contributed by atoms with Gasteiger partial charge >= 0.3 is 6.18 Å². The predicted octanol–water partition coefficient (Wildman–Crippen LogP) is 4.74. The van der Waals surface area contributed by atoms with Gasteiger partial charge in [0.15, 0.2) is 0 Å². The molecule has 0 amide bonds. The third-order valence-electron chi connectivity index (χ3n) is 2.39. The quantitative estimate of drug-likeness (QED) is 0.886. The molecule has 0 saturated carbocycles. The van der Waals surface area contributed by atoms with Gasteiger partial charge in [-0.05, 0) is 25.1 Å². The van der Waals surface area contributed by atoms with Crippen molar-refractivity contribution in [2.24, 2.45) is 0 Å². The highest BCUT2D eigenvalue weighted by Crippen LogP contribution is 2.32. The van der Waals surface area contributed by atoms with Crippen LogP contribution in [0.3, 0.4) is 0 Å². The maximum absolute atomic E-state index is 12.4. The number of hydrogen-bond acceptors (Lipinski definition) is 3. The van der Waals surface area contributed by atoms with E-state index in [1.165, 1.54) is 4.88 Å². The van der Waals surface area contributed by atoms with E-state index in [1.54, 1.807) is 11.3 Å². The fraction of sp³-hybridized carbons (Fsp3) is 0.250. The monoisotopic (exact) mass is 306 g/mol. The van der Waals surface area contributed by atoms with Crippen LogP contribution in [0.2, 0.25) is 5.02 Å². The molecule has 0 unspecified atom stereocenters. The van der Waals surface area contributed by atoms with Crippen LogP contribution in [0.1, 0.15) is 15.3 Å². The van der Waals surface area contributed by atoms with Crippen LogP contribution in [-0.2, 0) is 12.7 Å². The number of aromatic nitrogens is 1. The highest BCUT2D eigenvalue weighted by Gasteiger charge is 2.31. The zero-order valence-corrected chi connectivity index (χ0v) is 11.5. The minimum absolute atomic E-state index is 0.0388. The van der Waals surface area contributed by atoms with E-state index in [0.717, 1.165) is 17.1 Å². The molecular weight excluding hydrogens is 297 g/mol. The summed E-state index contributed by atoms with van der Waals surface area (Å²) in [6.07, 6.45) is -3.66. The first-order valence-corrected chi connectivity index (χ1v) is 6.57. The molecular formula is C12H10ClF3N2S. The first-order chi connectivity index (χ1) is 8.86. The molecule has 2 rings (SSSR count). The number of aryl methyl sites for hydroxylation is 1. The third-order valence-corrected chi connectivity index (χ3v) is 3.68. The molecule has 7 heteroatoms. The van der Waals surface area contributed by atoms with Crippen LogP contribution in [-0.4, -0.2) is 4.98 Å². The zero-order chi connectivity index (χ0) is 14.0. The molecule has 0 atom stereocenters. The molecule has 2 heterocycles. The van der Waals surface area contributed by atoms with Gasteiger partial charge in [-0.3, -0.25) is 0 Å². The predicted molar refractivity (Wildman–Crippen MR) is 70.6 cm³/mol. The number of nitrogens with one attached hydrogen (secondary N) is 1. The summed E-state index contributed by atoms with van der Waals surface area (Å²) < 4.78 is 37.3. The molecule has 0 saturated heterocycles. The number of alkyl halides is 3. The van der Waals surface area contributed by atoms with Gasteiger partial charge < -0.3 is 5.32 Å². The molecule has 0 aliphatic rings. The second-order valence-corrected chi connectivity index (χ2v) is 5.70. The molecule has 0 aromatic carbocycles. The Morgan fingerprint density at radius 3 is 2.63 bits per heavy atom. The smallest absolute Gasteiger partial charge is 0.364 e. The first-order valence-electron chi connectivity index (χ1n) is 5.38. The zero-order valence-electron chi connectivity index (χ0n) is 9.88. The van der Waals surface area contributed by atoms with Gasteiger partial charge in [0.25, 0.3) is 0 Å². The van der Waals surface area contributed by atoms with Crippen LogP contribution in [0.4, 0.5) is 19.0 Å². The molecule has 19 heavy (non-hydrogen) atoms. The maximum atomic E-state index is 12.4. The fourth-order valence-electron chi connectivity index (χ4n) is 1.47. The van der Waals surface area contributed by atoms with E-state index in [-0.39, 0.29) is 10.8 Å². The van der Waals surface area contributed by atoms with Gasteiger partial charge in [0.05, 0.1) is 17.1 Å². The Balaban J connectivity index is 2.09. The van der Waals surface area contributed by atoms with E-state index in [1.807, 2.05) is 19.1 Å². The molecule has 0 aliphatic heterocycles. The minimum Gasteiger partial charge on any atom is -0.364 e. The molecule has 0 bridgehead atoms. The van der Waals surface area contributed by atoms with Crippen LogP contribution in [0.25, 0.3) is 0 Å². The van der Waals surface area contributed by atoms with Crippen molar-refractivity contribution in [2.45, 2.75) is 19.6 Å². The molecule has 102 valence electrons. The van der Waals surface area contributed by atoms with Crippen molar-refractivity contribution in [1.29, 1.82) is 0 Å². The first kappa shape index (κ1) is 14.1. The molecule has 0 spiro atoms. The highest BCUT2D eigenvalue weighted by atomic mass is 35.5. The van der Waals surface area contributed by atoms with Crippen molar-refractivity contribution in [2.75, 3.05) is 5.32 Å². The van der Waals surface area contributed by atoms with E-state index in [0.29, 0.717) is 6.54 Å². The molecule has 0 fully saturated rings. The van der Waals surface area contributed by atoms with Gasteiger partial charge in [0, 0.05) is 16.0 Å². The SMILES string of the molecule is Cc1ccc(CNc2ncc(C(F)(F)F)cc2Cl)s1. The Bertz CT molecular complexity index is 581. The number of halogens is 4. The van der Waals surface area contributed by atoms with Gasteiger partial charge in [-0.2, -0.15) is 13.2 Å². The Labute approximate surface area is 117 Å². The third kappa shape index (κ3) is 3.61. The van der Waals surface area contributed by atoms with Gasteiger partial charge in [-0.25, -0.2) is 4.98 Å². The van der Waals surface area contributed by atoms with Crippen LogP contribution >= 0.6 is 22.9 Å². The van der Waals surface area contributed by atoms with Crippen molar-refractivity contribution in [1.82, 2.24) is 4.98 Å². The van der Waals surface area contributed by atoms with Gasteiger partial charge in [0.2, 0.25) is 0 Å². The van der Waals surface area contributed by atoms with Crippen molar-refractivity contribution < 1.29 is 13.2 Å². The van der Waals surface area contributed by atoms with Crippen molar-refractivity contribution in [3.8, 4) is 0 Å². The van der Waals surface area contributed by atoms with Crippen LogP contribution in [0.15, 0.2) is 24.4 Å². The average Bonchev–Trinajstić information content (AvgIpc) is 2.72. The Hall–Kier alpha value is -1.27. The molecule has 2 aromatic heterocycles. The number of hydrogen-bond donors (Lipinski definition) is 1. The number of rotatable bonds is 3. The summed E-state index contributed by atoms with van der Waals surface area (Å²) in [5.41, 5.74) is -0.852. The highest BCUT2D eigenvalue weighted by molar-refractivity contribution is 7.11. The van der Waals surface area contributed by atoms with Crippen molar-refractivity contribution in [3.63, 3.8) is 0 Å². The lowest BCUT2D eigenvalue weighted by Crippen LogP contribution is -2.07. The number of thiophene rings is 1. The van der Waals surface area contributed by atoms with Crippen molar-refractivity contribution in [3.05, 3.63) is 44.7 Å². The summed E-state index contributed by atoms with van der Waals surface area (Å²) in [6, 6.07) is 4.80. The molecule has 2 aromatic rings. The van der Waals surface area contributed by atoms with Gasteiger partial charge in [-0.1, -0.05) is 11.6 Å². The van der Waals surface area contributed by atoms with Crippen molar-refractivity contribution >= 4 is 28.8 Å². The van der Waals surface area contributed by atoms with Crippen LogP contribution < -0.4 is 5.32 Å². The summed E-state index contributed by atoms with van der Waals surface area (Å²) >= 11 is 7.39. The Morgan fingerprint density at radius 2 is 2.11 bits per heavy atom. The fourth-order valence-corrected chi connectivity index (χ4v) is 2.54. The lowest BCUT2D eigenvalue weighted by molar-refractivity contribution is -0.137. The molecule has 0 radical (unpaired) electrons. The molecule has 1 N–H and O–H groups in total. The number of nitrogens with zero attached hydrogens (tertiary/aromatic N) is 1. The van der Waals surface area contributed by atoms with Crippen LogP contribution in [0, 0.1) is 6.92 Å². The second kappa shape index (κ2) is 5.38. The van der Waals surface area contributed by atoms with E-state index in [4.69, 9.17) is 11.6 Å². The lowest BCUT2D eigenvalue weighted by Gasteiger charge is -2.10. The molecule has 0 aliphatic carbocycles. The standard InChI is InChI=1S/C12H10ClF3N2S/c1-7-2-3-9(19-7)6-18-11-10(13)4-8(5-17-11)12(14,15)16/h2-5H,6H2,1H3,(H,17,18). The Morgan fingerprint density at radius 1 is 1.37 bits per heavy atom. The average molecular weight is 307 g/mol. The lowest BCUT2D eigenvalue weighted by atomic mass is 10.3. The summed E-state index contributed by atoms with van der Waals surface area (Å²) in [6.45, 7) is 2.47. The maximum Gasteiger partial charge on any atom is 0.417 e. The van der Waals surface area contributed by atoms with E-state index >= 15 is 0 Å². The Kier molecular flexibility index (Phi) is 4.01. The summed E-state index contributed by atoms with van der Waals surface area (Å²) in [4.78, 5) is 5.94. The number of pyridine rings is 1. The van der Waals surface area contributed by atoms with E-state index in [9.17, 15) is 13.2 Å². The normalized spacial score (nSPS) is 11.6. The van der Waals surface area contributed by atoms with Gasteiger partial charge in [0.1, 0.15) is 5.82 Å². The number of anilines is 1. The van der Waals surface area contributed by atoms with E-state index < -0.39 is 11.7 Å². The summed E-state index contributed by atoms with van der Waals surface area (Å²) in [5, 5.41) is 2.88. The molecule has 2 nitrogen and oxygen atoms in total.